The first kappa shape index (κ1) is 14.1. The zero-order chi connectivity index (χ0) is 11.8. The quantitative estimate of drug-likeness (QED) is 0.662. The number of thioether (sulfide) groups is 1. The highest BCUT2D eigenvalue weighted by Crippen LogP contribution is 2.28. The number of rotatable bonds is 7. The first-order valence-corrected chi connectivity index (χ1v) is 8.03. The molecule has 0 bridgehead atoms. The average Bonchev–Trinajstić information content (AvgIpc) is 2.30. The minimum atomic E-state index is 0.365. The number of Topliss-reactive ketones (excluding diaryl/α,β-unsaturated/α-hetero) is 1. The fraction of sp³-hybridized carbons (Fsp3) is 0.929. The third-order valence-electron chi connectivity index (χ3n) is 3.56. The van der Waals surface area contributed by atoms with Crippen LogP contribution in [0.25, 0.3) is 0 Å². The first-order valence-electron chi connectivity index (χ1n) is 6.88. The molecular formula is C14H26OS. The maximum Gasteiger partial charge on any atom is 0.136 e. The van der Waals surface area contributed by atoms with E-state index in [1.807, 2.05) is 11.8 Å². The van der Waals surface area contributed by atoms with Gasteiger partial charge in [-0.2, -0.15) is 11.8 Å². The maximum absolute atomic E-state index is 12.2. The molecule has 1 aliphatic rings. The first-order chi connectivity index (χ1) is 7.77. The van der Waals surface area contributed by atoms with Crippen molar-refractivity contribution in [2.75, 3.05) is 11.5 Å². The van der Waals surface area contributed by atoms with E-state index >= 15 is 0 Å². The second-order valence-electron chi connectivity index (χ2n) is 5.00. The minimum absolute atomic E-state index is 0.365. The van der Waals surface area contributed by atoms with Gasteiger partial charge in [-0.1, -0.05) is 26.7 Å². The van der Waals surface area contributed by atoms with Crippen LogP contribution in [0.1, 0.15) is 58.8 Å². The van der Waals surface area contributed by atoms with Crippen LogP contribution >= 0.6 is 11.8 Å². The zero-order valence-corrected chi connectivity index (χ0v) is 11.7. The Kier molecular flexibility index (Phi) is 7.18. The summed E-state index contributed by atoms with van der Waals surface area (Å²) in [5, 5.41) is 0. The number of hydrogen-bond donors (Lipinski definition) is 0. The van der Waals surface area contributed by atoms with Gasteiger partial charge in [-0.25, -0.2) is 0 Å². The molecule has 1 aliphatic heterocycles. The molecule has 0 amide bonds. The molecule has 1 saturated heterocycles. The summed E-state index contributed by atoms with van der Waals surface area (Å²) >= 11 is 2.04. The van der Waals surface area contributed by atoms with Crippen LogP contribution in [0.3, 0.4) is 0 Å². The van der Waals surface area contributed by atoms with E-state index in [0.717, 1.165) is 32.1 Å². The third kappa shape index (κ3) is 4.90. The predicted molar refractivity (Wildman–Crippen MR) is 73.0 cm³/mol. The number of hydrogen-bond acceptors (Lipinski definition) is 2. The molecule has 94 valence electrons. The van der Waals surface area contributed by atoms with Gasteiger partial charge < -0.3 is 0 Å². The van der Waals surface area contributed by atoms with Gasteiger partial charge in [-0.3, -0.25) is 4.79 Å². The van der Waals surface area contributed by atoms with Crippen molar-refractivity contribution in [3.8, 4) is 0 Å². The standard InChI is InChI=1S/C14H26OS/c1-3-5-13(6-4-2)14(15)11-12-7-9-16-10-8-12/h12-13H,3-11H2,1-2H3. The van der Waals surface area contributed by atoms with Crippen molar-refractivity contribution in [3.63, 3.8) is 0 Å². The van der Waals surface area contributed by atoms with E-state index in [2.05, 4.69) is 13.8 Å². The summed E-state index contributed by atoms with van der Waals surface area (Å²) in [6.45, 7) is 4.38. The Morgan fingerprint density at radius 3 is 2.25 bits per heavy atom. The molecule has 0 aromatic rings. The zero-order valence-electron chi connectivity index (χ0n) is 10.8. The van der Waals surface area contributed by atoms with Crippen LogP contribution in [0.15, 0.2) is 0 Å². The number of ketones is 1. The summed E-state index contributed by atoms with van der Waals surface area (Å²) in [7, 11) is 0. The third-order valence-corrected chi connectivity index (χ3v) is 4.61. The monoisotopic (exact) mass is 242 g/mol. The molecule has 0 unspecified atom stereocenters. The number of carbonyl (C=O) groups excluding carboxylic acids is 1. The molecule has 1 heterocycles. The van der Waals surface area contributed by atoms with Gasteiger partial charge in [0.05, 0.1) is 0 Å². The maximum atomic E-state index is 12.2. The van der Waals surface area contributed by atoms with Crippen LogP contribution in [0.2, 0.25) is 0 Å². The smallest absolute Gasteiger partial charge is 0.136 e. The van der Waals surface area contributed by atoms with E-state index in [0.29, 0.717) is 17.6 Å². The molecule has 0 spiro atoms. The second kappa shape index (κ2) is 8.16. The van der Waals surface area contributed by atoms with Crippen LogP contribution in [0.4, 0.5) is 0 Å². The van der Waals surface area contributed by atoms with Crippen molar-refractivity contribution in [1.82, 2.24) is 0 Å². The highest BCUT2D eigenvalue weighted by atomic mass is 32.2. The van der Waals surface area contributed by atoms with Crippen molar-refractivity contribution < 1.29 is 4.79 Å². The average molecular weight is 242 g/mol. The van der Waals surface area contributed by atoms with Crippen LogP contribution in [-0.2, 0) is 4.79 Å². The Hall–Kier alpha value is 0.0200. The normalized spacial score (nSPS) is 17.9. The van der Waals surface area contributed by atoms with Gasteiger partial charge in [0.2, 0.25) is 0 Å². The summed E-state index contributed by atoms with van der Waals surface area (Å²) in [6.07, 6.45) is 7.91. The fourth-order valence-corrected chi connectivity index (χ4v) is 3.77. The summed E-state index contributed by atoms with van der Waals surface area (Å²) in [5.41, 5.74) is 0. The summed E-state index contributed by atoms with van der Waals surface area (Å²) in [4.78, 5) is 12.2. The van der Waals surface area contributed by atoms with Gasteiger partial charge in [-0.05, 0) is 43.1 Å². The Morgan fingerprint density at radius 2 is 1.75 bits per heavy atom. The summed E-state index contributed by atoms with van der Waals surface area (Å²) in [5.74, 6) is 4.16. The van der Waals surface area contributed by atoms with E-state index in [1.165, 1.54) is 24.3 Å². The van der Waals surface area contributed by atoms with Gasteiger partial charge in [0, 0.05) is 12.3 Å². The highest BCUT2D eigenvalue weighted by Gasteiger charge is 2.22. The molecular weight excluding hydrogens is 216 g/mol. The Morgan fingerprint density at radius 1 is 1.19 bits per heavy atom. The minimum Gasteiger partial charge on any atom is -0.299 e. The molecule has 0 aromatic heterocycles. The van der Waals surface area contributed by atoms with Gasteiger partial charge in [-0.15, -0.1) is 0 Å². The molecule has 0 aliphatic carbocycles. The molecule has 16 heavy (non-hydrogen) atoms. The van der Waals surface area contributed by atoms with Crippen molar-refractivity contribution in [3.05, 3.63) is 0 Å². The van der Waals surface area contributed by atoms with Gasteiger partial charge >= 0.3 is 0 Å². The Balaban J connectivity index is 2.34. The van der Waals surface area contributed by atoms with Crippen molar-refractivity contribution >= 4 is 17.5 Å². The number of carbonyl (C=O) groups is 1. The highest BCUT2D eigenvalue weighted by molar-refractivity contribution is 7.99. The SMILES string of the molecule is CCCC(CCC)C(=O)CC1CCSCC1. The Labute approximate surface area is 105 Å². The lowest BCUT2D eigenvalue weighted by atomic mass is 9.86. The van der Waals surface area contributed by atoms with Gasteiger partial charge in [0.1, 0.15) is 5.78 Å². The van der Waals surface area contributed by atoms with Crippen molar-refractivity contribution in [2.45, 2.75) is 58.8 Å². The molecule has 0 atom stereocenters. The van der Waals surface area contributed by atoms with Crippen molar-refractivity contribution in [2.24, 2.45) is 11.8 Å². The van der Waals surface area contributed by atoms with Crippen LogP contribution in [0.5, 0.6) is 0 Å². The molecule has 1 nitrogen and oxygen atoms in total. The molecule has 1 rings (SSSR count). The van der Waals surface area contributed by atoms with E-state index < -0.39 is 0 Å². The molecule has 0 N–H and O–H groups in total. The molecule has 0 aromatic carbocycles. The Bertz CT molecular complexity index is 191. The van der Waals surface area contributed by atoms with E-state index in [-0.39, 0.29) is 0 Å². The van der Waals surface area contributed by atoms with E-state index in [9.17, 15) is 4.79 Å². The van der Waals surface area contributed by atoms with E-state index in [1.54, 1.807) is 0 Å². The molecule has 0 saturated carbocycles. The molecule has 0 radical (unpaired) electrons. The summed E-state index contributed by atoms with van der Waals surface area (Å²) in [6, 6.07) is 0. The van der Waals surface area contributed by atoms with Crippen LogP contribution in [-0.4, -0.2) is 17.3 Å². The van der Waals surface area contributed by atoms with Gasteiger partial charge in [0.25, 0.3) is 0 Å². The largest absolute Gasteiger partial charge is 0.299 e. The lowest BCUT2D eigenvalue weighted by Crippen LogP contribution is -2.20. The lowest BCUT2D eigenvalue weighted by Gasteiger charge is -2.23. The van der Waals surface area contributed by atoms with Crippen LogP contribution in [0, 0.1) is 11.8 Å². The molecule has 2 heteroatoms. The summed E-state index contributed by atoms with van der Waals surface area (Å²) < 4.78 is 0. The topological polar surface area (TPSA) is 17.1 Å². The second-order valence-corrected chi connectivity index (χ2v) is 6.23. The lowest BCUT2D eigenvalue weighted by molar-refractivity contribution is -0.124. The van der Waals surface area contributed by atoms with Crippen LogP contribution < -0.4 is 0 Å². The molecule has 1 fully saturated rings. The van der Waals surface area contributed by atoms with Crippen molar-refractivity contribution in [1.29, 1.82) is 0 Å². The van der Waals surface area contributed by atoms with Gasteiger partial charge in [0.15, 0.2) is 0 Å². The predicted octanol–water partition coefficient (Wildman–Crippen LogP) is 4.31. The van der Waals surface area contributed by atoms with E-state index in [4.69, 9.17) is 0 Å². The fourth-order valence-electron chi connectivity index (χ4n) is 2.56.